The minimum atomic E-state index is -0.790. The molecule has 0 aliphatic heterocycles. The molecule has 6 heteroatoms. The van der Waals surface area contributed by atoms with E-state index in [0.29, 0.717) is 19.3 Å². The molecule has 6 nitrogen and oxygen atoms in total. The molecule has 0 bridgehead atoms. The highest BCUT2D eigenvalue weighted by molar-refractivity contribution is 5.71. The fourth-order valence-electron chi connectivity index (χ4n) is 9.44. The molecule has 1 atom stereocenters. The van der Waals surface area contributed by atoms with Gasteiger partial charge < -0.3 is 14.2 Å². The zero-order chi connectivity index (χ0) is 58.5. The van der Waals surface area contributed by atoms with Crippen LogP contribution in [0.3, 0.4) is 0 Å². The van der Waals surface area contributed by atoms with E-state index in [1.54, 1.807) is 0 Å². The maximum Gasteiger partial charge on any atom is 0.306 e. The average Bonchev–Trinajstić information content (AvgIpc) is 3.47. The predicted molar refractivity (Wildman–Crippen MR) is 353 cm³/mol. The lowest BCUT2D eigenvalue weighted by Gasteiger charge is -2.18. The van der Waals surface area contributed by atoms with E-state index in [9.17, 15) is 14.4 Å². The Bertz CT molecular complexity index is 1670. The normalized spacial score (nSPS) is 12.9. The molecule has 0 spiro atoms. The highest BCUT2D eigenvalue weighted by Gasteiger charge is 2.19. The number of rotatable bonds is 61. The zero-order valence-corrected chi connectivity index (χ0v) is 53.0. The highest BCUT2D eigenvalue weighted by Crippen LogP contribution is 2.17. The highest BCUT2D eigenvalue weighted by atomic mass is 16.6. The summed E-state index contributed by atoms with van der Waals surface area (Å²) in [5.41, 5.74) is 0. The van der Waals surface area contributed by atoms with E-state index in [4.69, 9.17) is 14.2 Å². The Kier molecular flexibility index (Phi) is 64.8. The van der Waals surface area contributed by atoms with E-state index in [0.717, 1.165) is 135 Å². The molecule has 0 amide bonds. The molecule has 462 valence electrons. The quantitative estimate of drug-likeness (QED) is 0.0261. The molecular weight excluding hydrogens is 997 g/mol. The molecule has 0 fully saturated rings. The lowest BCUT2D eigenvalue weighted by Crippen LogP contribution is -2.30. The van der Waals surface area contributed by atoms with Crippen LogP contribution in [0.25, 0.3) is 0 Å². The van der Waals surface area contributed by atoms with Crippen LogP contribution in [-0.2, 0) is 28.6 Å². The van der Waals surface area contributed by atoms with Gasteiger partial charge in [0.1, 0.15) is 13.2 Å². The van der Waals surface area contributed by atoms with Crippen LogP contribution in [0.2, 0.25) is 0 Å². The smallest absolute Gasteiger partial charge is 0.306 e. The molecule has 0 aromatic heterocycles. The number of hydrogen-bond acceptors (Lipinski definition) is 6. The van der Waals surface area contributed by atoms with Crippen molar-refractivity contribution < 1.29 is 28.6 Å². The minimum absolute atomic E-state index is 0.0837. The number of carbonyl (C=O) groups is 3. The average molecular weight is 1120 g/mol. The van der Waals surface area contributed by atoms with Crippen LogP contribution in [0.15, 0.2) is 122 Å². The van der Waals surface area contributed by atoms with Gasteiger partial charge in [0.25, 0.3) is 0 Å². The van der Waals surface area contributed by atoms with Gasteiger partial charge in [-0.1, -0.05) is 309 Å². The van der Waals surface area contributed by atoms with Crippen LogP contribution in [-0.4, -0.2) is 37.2 Å². The van der Waals surface area contributed by atoms with Crippen LogP contribution >= 0.6 is 0 Å². The van der Waals surface area contributed by atoms with Crippen molar-refractivity contribution in [2.45, 2.75) is 322 Å². The maximum atomic E-state index is 13.0. The topological polar surface area (TPSA) is 78.9 Å². The Morgan fingerprint density at radius 2 is 0.481 bits per heavy atom. The molecule has 0 heterocycles. The van der Waals surface area contributed by atoms with Gasteiger partial charge in [0, 0.05) is 19.3 Å². The first-order valence-corrected chi connectivity index (χ1v) is 34.0. The summed E-state index contributed by atoms with van der Waals surface area (Å²) in [5, 5.41) is 0. The van der Waals surface area contributed by atoms with Crippen LogP contribution in [0.4, 0.5) is 0 Å². The molecule has 0 N–H and O–H groups in total. The van der Waals surface area contributed by atoms with E-state index in [1.807, 2.05) is 0 Å². The second-order valence-electron chi connectivity index (χ2n) is 22.3. The Morgan fingerprint density at radius 1 is 0.259 bits per heavy atom. The minimum Gasteiger partial charge on any atom is -0.462 e. The van der Waals surface area contributed by atoms with Crippen LogP contribution in [0, 0.1) is 0 Å². The summed E-state index contributed by atoms with van der Waals surface area (Å²) in [6.45, 7) is 6.43. The van der Waals surface area contributed by atoms with E-state index >= 15 is 0 Å². The van der Waals surface area contributed by atoms with Crippen LogP contribution in [0.5, 0.6) is 0 Å². The van der Waals surface area contributed by atoms with Gasteiger partial charge >= 0.3 is 17.9 Å². The third-order valence-corrected chi connectivity index (χ3v) is 14.5. The van der Waals surface area contributed by atoms with Crippen molar-refractivity contribution in [3.63, 3.8) is 0 Å². The number of carbonyl (C=O) groups excluding carboxylic acids is 3. The summed E-state index contributed by atoms with van der Waals surface area (Å²) in [5.74, 6) is -0.892. The molecular formula is C75H126O6. The first kappa shape index (κ1) is 76.8. The third kappa shape index (κ3) is 66.5. The van der Waals surface area contributed by atoms with Crippen LogP contribution < -0.4 is 0 Å². The largest absolute Gasteiger partial charge is 0.462 e. The Balaban J connectivity index is 4.40. The maximum absolute atomic E-state index is 13.0. The van der Waals surface area contributed by atoms with Crippen molar-refractivity contribution >= 4 is 17.9 Å². The first-order valence-electron chi connectivity index (χ1n) is 34.0. The molecule has 0 aromatic rings. The third-order valence-electron chi connectivity index (χ3n) is 14.5. The van der Waals surface area contributed by atoms with Gasteiger partial charge in [-0.25, -0.2) is 0 Å². The molecule has 0 aliphatic rings. The Hall–Kier alpha value is -4.19. The summed E-state index contributed by atoms with van der Waals surface area (Å²) < 4.78 is 17.0. The van der Waals surface area contributed by atoms with Crippen molar-refractivity contribution in [3.05, 3.63) is 122 Å². The number of allylic oxidation sites excluding steroid dienone is 20. The number of esters is 3. The molecule has 81 heavy (non-hydrogen) atoms. The summed E-state index contributed by atoms with van der Waals surface area (Å²) in [6, 6.07) is 0. The summed E-state index contributed by atoms with van der Waals surface area (Å²) in [6.07, 6.45) is 94.9. The van der Waals surface area contributed by atoms with Gasteiger partial charge in [0.2, 0.25) is 0 Å². The Morgan fingerprint density at radius 3 is 0.753 bits per heavy atom. The Labute approximate surface area is 501 Å². The van der Waals surface area contributed by atoms with Crippen molar-refractivity contribution in [2.75, 3.05) is 13.2 Å². The van der Waals surface area contributed by atoms with E-state index < -0.39 is 6.10 Å². The van der Waals surface area contributed by atoms with Gasteiger partial charge in [-0.2, -0.15) is 0 Å². The van der Waals surface area contributed by atoms with Crippen molar-refractivity contribution in [3.8, 4) is 0 Å². The second-order valence-corrected chi connectivity index (χ2v) is 22.3. The molecule has 0 rings (SSSR count). The van der Waals surface area contributed by atoms with E-state index in [-0.39, 0.29) is 31.1 Å². The predicted octanol–water partition coefficient (Wildman–Crippen LogP) is 23.6. The van der Waals surface area contributed by atoms with E-state index in [1.165, 1.54) is 141 Å². The van der Waals surface area contributed by atoms with Crippen LogP contribution in [0.1, 0.15) is 316 Å². The van der Waals surface area contributed by atoms with Gasteiger partial charge in [-0.3, -0.25) is 14.4 Å². The zero-order valence-electron chi connectivity index (χ0n) is 53.0. The van der Waals surface area contributed by atoms with Crippen molar-refractivity contribution in [2.24, 2.45) is 0 Å². The molecule has 0 aliphatic carbocycles. The monoisotopic (exact) mass is 1120 g/mol. The molecule has 1 unspecified atom stereocenters. The number of ether oxygens (including phenoxy) is 3. The molecule has 0 saturated carbocycles. The molecule has 0 saturated heterocycles. The summed E-state index contributed by atoms with van der Waals surface area (Å²) in [4.78, 5) is 38.4. The standard InChI is InChI=1S/C75H126O6/c1-4-7-10-13-16-19-22-25-28-30-32-34-36-37-39-40-42-44-47-50-53-56-59-62-65-68-74(77)80-71-72(70-79-73(76)67-64-61-58-55-52-49-46-27-24-21-18-15-12-9-6-3)81-75(78)69-66-63-60-57-54-51-48-45-43-41-38-35-33-31-29-26-23-20-17-14-11-8-5-2/h7-8,10-11,16-17,19-20,25-26,28-29,32-35,37,39,42,44,72H,4-6,9,12-15,18,21-24,27,30-31,36,38,40-41,43,45-71H2,1-3H3/b10-7-,11-8-,19-16-,20-17-,28-25-,29-26-,34-32-,35-33-,39-37-,44-42-. The van der Waals surface area contributed by atoms with Gasteiger partial charge in [0.05, 0.1) is 0 Å². The van der Waals surface area contributed by atoms with Gasteiger partial charge in [-0.15, -0.1) is 0 Å². The molecule has 0 aromatic carbocycles. The lowest BCUT2D eigenvalue weighted by atomic mass is 10.0. The summed E-state index contributed by atoms with van der Waals surface area (Å²) >= 11 is 0. The SMILES string of the molecule is CC/C=C\C/C=C\C/C=C\C/C=C\C/C=C\C/C=C\CCCCCCCCC(=O)OCC(COC(=O)CCCCCCCCCCCCCCCCC)OC(=O)CCCCCCCCCCCC/C=C\C/C=C\C/C=C\C/C=C\CC. The van der Waals surface area contributed by atoms with Crippen molar-refractivity contribution in [1.82, 2.24) is 0 Å². The lowest BCUT2D eigenvalue weighted by molar-refractivity contribution is -0.167. The van der Waals surface area contributed by atoms with Gasteiger partial charge in [0.15, 0.2) is 6.10 Å². The van der Waals surface area contributed by atoms with E-state index in [2.05, 4.69) is 142 Å². The number of unbranched alkanes of at least 4 members (excludes halogenated alkanes) is 30. The fourth-order valence-corrected chi connectivity index (χ4v) is 9.44. The fraction of sp³-hybridized carbons (Fsp3) is 0.693. The summed E-state index contributed by atoms with van der Waals surface area (Å²) in [7, 11) is 0. The van der Waals surface area contributed by atoms with Crippen molar-refractivity contribution in [1.29, 1.82) is 0 Å². The number of hydrogen-bond donors (Lipinski definition) is 0. The second kappa shape index (κ2) is 68.3. The molecule has 0 radical (unpaired) electrons. The first-order chi connectivity index (χ1) is 40.0. The van der Waals surface area contributed by atoms with Gasteiger partial charge in [-0.05, 0) is 109 Å².